The average molecular weight is 445 g/mol. The van der Waals surface area contributed by atoms with E-state index >= 15 is 0 Å². The normalized spacial score (nSPS) is 14.5. The van der Waals surface area contributed by atoms with Crippen LogP contribution in [0.2, 0.25) is 0 Å². The van der Waals surface area contributed by atoms with Crippen molar-refractivity contribution < 1.29 is 39.0 Å². The van der Waals surface area contributed by atoms with E-state index in [4.69, 9.17) is 10.8 Å². The van der Waals surface area contributed by atoms with Crippen LogP contribution in [0.15, 0.2) is 0 Å². The van der Waals surface area contributed by atoms with Gasteiger partial charge in [-0.2, -0.15) is 0 Å². The van der Waals surface area contributed by atoms with Crippen molar-refractivity contribution in [2.45, 2.75) is 64.7 Å². The van der Waals surface area contributed by atoms with E-state index < -0.39 is 72.7 Å². The van der Waals surface area contributed by atoms with Gasteiger partial charge in [0, 0.05) is 6.92 Å². The van der Waals surface area contributed by atoms with Crippen molar-refractivity contribution in [1.82, 2.24) is 21.3 Å². The fraction of sp³-hybridized carbons (Fsp3) is 0.667. The van der Waals surface area contributed by atoms with Gasteiger partial charge in [-0.15, -0.1) is 0 Å². The summed E-state index contributed by atoms with van der Waals surface area (Å²) in [4.78, 5) is 70.4. The first-order valence-corrected chi connectivity index (χ1v) is 9.58. The topological polar surface area (TPSA) is 217 Å². The summed E-state index contributed by atoms with van der Waals surface area (Å²) in [5, 5.41) is 27.4. The van der Waals surface area contributed by atoms with Crippen LogP contribution in [0.5, 0.6) is 0 Å². The highest BCUT2D eigenvalue weighted by Gasteiger charge is 2.30. The molecule has 0 aliphatic rings. The summed E-state index contributed by atoms with van der Waals surface area (Å²) in [5.74, 6) is -5.41. The van der Waals surface area contributed by atoms with Crippen LogP contribution < -0.4 is 27.0 Å². The van der Waals surface area contributed by atoms with E-state index in [2.05, 4.69) is 21.3 Å². The molecule has 31 heavy (non-hydrogen) atoms. The van der Waals surface area contributed by atoms with Crippen molar-refractivity contribution >= 4 is 35.5 Å². The Kier molecular flexibility index (Phi) is 11.8. The molecule has 0 aromatic heterocycles. The van der Waals surface area contributed by atoms with Crippen LogP contribution >= 0.6 is 0 Å². The Morgan fingerprint density at radius 1 is 0.806 bits per heavy atom. The molecule has 0 rings (SSSR count). The van der Waals surface area contributed by atoms with E-state index in [9.17, 15) is 33.9 Å². The van der Waals surface area contributed by atoms with Gasteiger partial charge >= 0.3 is 5.97 Å². The minimum absolute atomic E-state index is 0.0386. The Bertz CT molecular complexity index is 696. The fourth-order valence-corrected chi connectivity index (χ4v) is 2.51. The van der Waals surface area contributed by atoms with E-state index in [1.165, 1.54) is 13.8 Å². The standard InChI is InChI=1S/C18H31N5O8/c1-8(2)5-12(22-16(29)9(3)20-10(4)25)17(30)23-13(7-24)18(31)21-11(15(19)28)6-14(26)27/h8-9,11-13,24H,5-7H2,1-4H3,(H2,19,28)(H,20,25)(H,21,31)(H,22,29)(H,23,30)(H,26,27)/t9-,11-,12-,13-/m0/s1. The molecular weight excluding hydrogens is 414 g/mol. The highest BCUT2D eigenvalue weighted by molar-refractivity contribution is 5.95. The van der Waals surface area contributed by atoms with Gasteiger partial charge in [-0.05, 0) is 19.3 Å². The molecule has 0 bridgehead atoms. The first kappa shape index (κ1) is 27.8. The number of nitrogens with two attached hydrogens (primary N) is 1. The lowest BCUT2D eigenvalue weighted by Gasteiger charge is -2.25. The zero-order valence-electron chi connectivity index (χ0n) is 17.9. The number of rotatable bonds is 13. The van der Waals surface area contributed by atoms with Crippen LogP contribution in [-0.2, 0) is 28.8 Å². The maximum atomic E-state index is 12.6. The van der Waals surface area contributed by atoms with Crippen LogP contribution in [0.25, 0.3) is 0 Å². The molecule has 0 spiro atoms. The summed E-state index contributed by atoms with van der Waals surface area (Å²) in [6.45, 7) is 5.39. The highest BCUT2D eigenvalue weighted by atomic mass is 16.4. The monoisotopic (exact) mass is 445 g/mol. The molecule has 13 nitrogen and oxygen atoms in total. The molecule has 0 aromatic rings. The number of aliphatic hydroxyl groups excluding tert-OH is 1. The molecule has 0 aliphatic heterocycles. The minimum atomic E-state index is -1.54. The zero-order chi connectivity index (χ0) is 24.3. The molecule has 0 heterocycles. The predicted octanol–water partition coefficient (Wildman–Crippen LogP) is -3.04. The summed E-state index contributed by atoms with van der Waals surface area (Å²) >= 11 is 0. The largest absolute Gasteiger partial charge is 0.481 e. The number of carbonyl (C=O) groups excluding carboxylic acids is 5. The third kappa shape index (κ3) is 10.9. The second kappa shape index (κ2) is 13.2. The van der Waals surface area contributed by atoms with E-state index in [-0.39, 0.29) is 12.3 Å². The number of carboxylic acid groups (broad SMARTS) is 1. The number of carbonyl (C=O) groups is 6. The number of primary amides is 1. The Morgan fingerprint density at radius 3 is 1.71 bits per heavy atom. The molecule has 0 fully saturated rings. The maximum Gasteiger partial charge on any atom is 0.305 e. The van der Waals surface area contributed by atoms with Gasteiger partial charge in [0.25, 0.3) is 0 Å². The average Bonchev–Trinajstić information content (AvgIpc) is 2.63. The molecule has 13 heteroatoms. The molecule has 0 unspecified atom stereocenters. The molecule has 8 N–H and O–H groups in total. The van der Waals surface area contributed by atoms with E-state index in [1.54, 1.807) is 13.8 Å². The lowest BCUT2D eigenvalue weighted by atomic mass is 10.0. The number of hydrogen-bond acceptors (Lipinski definition) is 7. The van der Waals surface area contributed by atoms with E-state index in [0.29, 0.717) is 0 Å². The Morgan fingerprint density at radius 2 is 1.29 bits per heavy atom. The van der Waals surface area contributed by atoms with Crippen LogP contribution in [0.1, 0.15) is 40.5 Å². The molecular formula is C18H31N5O8. The predicted molar refractivity (Wildman–Crippen MR) is 107 cm³/mol. The first-order chi connectivity index (χ1) is 14.3. The number of hydrogen-bond donors (Lipinski definition) is 7. The summed E-state index contributed by atoms with van der Waals surface area (Å²) < 4.78 is 0. The van der Waals surface area contributed by atoms with Gasteiger partial charge in [-0.1, -0.05) is 13.8 Å². The van der Waals surface area contributed by atoms with Gasteiger partial charge < -0.3 is 37.2 Å². The summed E-state index contributed by atoms with van der Waals surface area (Å²) in [6.07, 6.45) is -0.590. The van der Waals surface area contributed by atoms with Crippen LogP contribution in [-0.4, -0.2) is 76.5 Å². The van der Waals surface area contributed by atoms with Crippen LogP contribution in [0.4, 0.5) is 0 Å². The van der Waals surface area contributed by atoms with E-state index in [1.807, 2.05) is 0 Å². The van der Waals surface area contributed by atoms with Crippen molar-refractivity contribution in [3.05, 3.63) is 0 Å². The van der Waals surface area contributed by atoms with Crippen LogP contribution in [0.3, 0.4) is 0 Å². The highest BCUT2D eigenvalue weighted by Crippen LogP contribution is 2.06. The quantitative estimate of drug-likeness (QED) is 0.154. The number of aliphatic carboxylic acids is 1. The summed E-state index contributed by atoms with van der Waals surface area (Å²) in [6, 6.07) is -5.07. The number of nitrogens with one attached hydrogen (secondary N) is 4. The third-order valence-corrected chi connectivity index (χ3v) is 4.01. The molecule has 0 aliphatic carbocycles. The molecule has 0 aromatic carbocycles. The number of amides is 5. The zero-order valence-corrected chi connectivity index (χ0v) is 17.9. The van der Waals surface area contributed by atoms with Gasteiger partial charge in [0.1, 0.15) is 24.2 Å². The van der Waals surface area contributed by atoms with Crippen molar-refractivity contribution in [1.29, 1.82) is 0 Å². The SMILES string of the molecule is CC(=O)N[C@@H](C)C(=O)N[C@@H](CC(C)C)C(=O)N[C@@H](CO)C(=O)N[C@@H](CC(=O)O)C(N)=O. The van der Waals surface area contributed by atoms with Gasteiger partial charge in [0.15, 0.2) is 0 Å². The van der Waals surface area contributed by atoms with E-state index in [0.717, 1.165) is 0 Å². The smallest absolute Gasteiger partial charge is 0.305 e. The molecule has 5 amide bonds. The minimum Gasteiger partial charge on any atom is -0.481 e. The molecule has 0 saturated heterocycles. The second-order valence-electron chi connectivity index (χ2n) is 7.42. The number of carboxylic acids is 1. The first-order valence-electron chi connectivity index (χ1n) is 9.58. The van der Waals surface area contributed by atoms with Gasteiger partial charge in [0.2, 0.25) is 29.5 Å². The Labute approximate surface area is 179 Å². The van der Waals surface area contributed by atoms with Gasteiger partial charge in [-0.25, -0.2) is 0 Å². The fourth-order valence-electron chi connectivity index (χ4n) is 2.51. The summed E-state index contributed by atoms with van der Waals surface area (Å²) in [5.41, 5.74) is 5.05. The van der Waals surface area contributed by atoms with Crippen molar-refractivity contribution in [2.75, 3.05) is 6.61 Å². The summed E-state index contributed by atoms with van der Waals surface area (Å²) in [7, 11) is 0. The van der Waals surface area contributed by atoms with Gasteiger partial charge in [-0.3, -0.25) is 28.8 Å². The molecule has 4 atom stereocenters. The molecule has 176 valence electrons. The maximum absolute atomic E-state index is 12.6. The second-order valence-corrected chi connectivity index (χ2v) is 7.42. The lowest BCUT2D eigenvalue weighted by molar-refractivity contribution is -0.140. The third-order valence-electron chi connectivity index (χ3n) is 4.01. The number of aliphatic hydroxyl groups is 1. The lowest BCUT2D eigenvalue weighted by Crippen LogP contribution is -2.59. The van der Waals surface area contributed by atoms with Crippen LogP contribution in [0, 0.1) is 5.92 Å². The molecule has 0 saturated carbocycles. The molecule has 0 radical (unpaired) electrons. The van der Waals surface area contributed by atoms with Crippen molar-refractivity contribution in [3.63, 3.8) is 0 Å². The van der Waals surface area contributed by atoms with Crippen molar-refractivity contribution in [3.8, 4) is 0 Å². The van der Waals surface area contributed by atoms with Gasteiger partial charge in [0.05, 0.1) is 13.0 Å². The Hall–Kier alpha value is -3.22. The Balaban J connectivity index is 5.27. The van der Waals surface area contributed by atoms with Crippen molar-refractivity contribution in [2.24, 2.45) is 11.7 Å².